The second-order valence-corrected chi connectivity index (χ2v) is 9.55. The van der Waals surface area contributed by atoms with Crippen molar-refractivity contribution in [1.82, 2.24) is 4.72 Å². The Balaban J connectivity index is 2.12. The van der Waals surface area contributed by atoms with E-state index >= 15 is 0 Å². The number of nitrogens with one attached hydrogen (secondary N) is 1. The Kier molecular flexibility index (Phi) is 6.46. The minimum Gasteiger partial charge on any atom is -0.322 e. The lowest BCUT2D eigenvalue weighted by Gasteiger charge is -2.27. The number of rotatable bonds is 6. The Hall–Kier alpha value is -2.47. The molecule has 3 aromatic rings. The van der Waals surface area contributed by atoms with Crippen LogP contribution >= 0.6 is 0 Å². The van der Waals surface area contributed by atoms with Crippen molar-refractivity contribution in [2.24, 2.45) is 5.73 Å². The van der Waals surface area contributed by atoms with E-state index in [1.165, 1.54) is 0 Å². The Labute approximate surface area is 180 Å². The minimum absolute atomic E-state index is 0.351. The van der Waals surface area contributed by atoms with E-state index in [1.54, 1.807) is 0 Å². The molecule has 3 aromatic carbocycles. The van der Waals surface area contributed by atoms with E-state index in [1.807, 2.05) is 95.3 Å². The first-order chi connectivity index (χ1) is 14.1. The molecule has 0 aliphatic rings. The molecule has 30 heavy (non-hydrogen) atoms. The van der Waals surface area contributed by atoms with Gasteiger partial charge in [0.2, 0.25) is 10.0 Å². The van der Waals surface area contributed by atoms with Gasteiger partial charge in [0.05, 0.1) is 17.0 Å². The van der Waals surface area contributed by atoms with Crippen molar-refractivity contribution in [1.29, 1.82) is 0 Å². The van der Waals surface area contributed by atoms with Gasteiger partial charge in [-0.2, -0.15) is 0 Å². The van der Waals surface area contributed by atoms with Crippen LogP contribution in [0, 0.1) is 34.6 Å². The zero-order chi connectivity index (χ0) is 22.1. The fraction of sp³-hybridized carbons (Fsp3) is 0.280. The van der Waals surface area contributed by atoms with Gasteiger partial charge in [-0.3, -0.25) is 0 Å². The summed E-state index contributed by atoms with van der Waals surface area (Å²) < 4.78 is 30.2. The lowest BCUT2D eigenvalue weighted by molar-refractivity contribution is 0.503. The van der Waals surface area contributed by atoms with Crippen LogP contribution in [0.1, 0.15) is 51.0 Å². The molecule has 158 valence electrons. The molecule has 0 aromatic heterocycles. The van der Waals surface area contributed by atoms with Crippen LogP contribution in [0.4, 0.5) is 0 Å². The molecule has 0 fully saturated rings. The molecule has 0 amide bonds. The number of sulfonamides is 1. The highest BCUT2D eigenvalue weighted by atomic mass is 32.2. The molecule has 3 rings (SSSR count). The second kappa shape index (κ2) is 8.72. The molecule has 0 radical (unpaired) electrons. The molecule has 0 heterocycles. The van der Waals surface area contributed by atoms with Crippen LogP contribution in [0.15, 0.2) is 65.6 Å². The van der Waals surface area contributed by atoms with Gasteiger partial charge >= 0.3 is 0 Å². The van der Waals surface area contributed by atoms with Gasteiger partial charge in [0, 0.05) is 0 Å². The summed E-state index contributed by atoms with van der Waals surface area (Å²) in [6.45, 7) is 9.73. The minimum atomic E-state index is -3.81. The molecule has 0 bridgehead atoms. The summed E-state index contributed by atoms with van der Waals surface area (Å²) in [4.78, 5) is 0.351. The average molecular weight is 423 g/mol. The molecule has 4 nitrogen and oxygen atoms in total. The zero-order valence-corrected chi connectivity index (χ0v) is 19.0. The summed E-state index contributed by atoms with van der Waals surface area (Å²) in [7, 11) is -3.81. The van der Waals surface area contributed by atoms with Gasteiger partial charge in [-0.1, -0.05) is 60.7 Å². The number of nitrogens with two attached hydrogens (primary N) is 1. The molecule has 0 saturated carbocycles. The summed E-state index contributed by atoms with van der Waals surface area (Å²) >= 11 is 0. The summed E-state index contributed by atoms with van der Waals surface area (Å²) in [5.41, 5.74) is 13.0. The maximum absolute atomic E-state index is 13.6. The molecule has 1 unspecified atom stereocenters. The van der Waals surface area contributed by atoms with Crippen molar-refractivity contribution >= 4 is 10.0 Å². The van der Waals surface area contributed by atoms with Gasteiger partial charge in [-0.25, -0.2) is 13.1 Å². The molecule has 0 aliphatic carbocycles. The van der Waals surface area contributed by atoms with Crippen molar-refractivity contribution in [3.8, 4) is 0 Å². The molecule has 3 N–H and O–H groups in total. The number of hydrogen-bond acceptors (Lipinski definition) is 3. The fourth-order valence-electron chi connectivity index (χ4n) is 3.97. The molecule has 0 spiro atoms. The highest BCUT2D eigenvalue weighted by Crippen LogP contribution is 2.33. The predicted molar refractivity (Wildman–Crippen MR) is 123 cm³/mol. The van der Waals surface area contributed by atoms with Crippen LogP contribution in [0.25, 0.3) is 0 Å². The molecule has 0 aliphatic heterocycles. The van der Waals surface area contributed by atoms with Crippen LogP contribution in [0.2, 0.25) is 0 Å². The normalized spacial score (nSPS) is 13.8. The largest absolute Gasteiger partial charge is 0.322 e. The van der Waals surface area contributed by atoms with E-state index in [-0.39, 0.29) is 0 Å². The Morgan fingerprint density at radius 2 is 1.07 bits per heavy atom. The van der Waals surface area contributed by atoms with Gasteiger partial charge in [-0.15, -0.1) is 0 Å². The summed E-state index contributed by atoms with van der Waals surface area (Å²) in [6, 6.07) is 18.0. The molecular formula is C25H30N2O2S. The van der Waals surface area contributed by atoms with Crippen LogP contribution in [0.5, 0.6) is 0 Å². The maximum Gasteiger partial charge on any atom is 0.241 e. The van der Waals surface area contributed by atoms with E-state index in [4.69, 9.17) is 5.73 Å². The first-order valence-corrected chi connectivity index (χ1v) is 11.6. The van der Waals surface area contributed by atoms with Gasteiger partial charge in [0.15, 0.2) is 0 Å². The lowest BCUT2D eigenvalue weighted by atomic mass is 9.95. The number of hydrogen-bond donors (Lipinski definition) is 2. The van der Waals surface area contributed by atoms with Crippen molar-refractivity contribution in [2.75, 3.05) is 0 Å². The van der Waals surface area contributed by atoms with Crippen LogP contribution in [0.3, 0.4) is 0 Å². The molecular weight excluding hydrogens is 392 g/mol. The second-order valence-electron chi connectivity index (χ2n) is 7.90. The highest BCUT2D eigenvalue weighted by molar-refractivity contribution is 7.89. The van der Waals surface area contributed by atoms with Crippen molar-refractivity contribution in [3.05, 3.63) is 99.6 Å². The lowest BCUT2D eigenvalue weighted by Crippen LogP contribution is -2.36. The standard InChI is InChI=1S/C25H30N2O2S/c1-16-17(2)19(4)25(20(5)18(16)3)30(28,29)27-24(22-14-10-7-11-15-22)23(26)21-12-8-6-9-13-21/h6-15,23-24,27H,26H2,1-5H3/t23?,24-/m0/s1. The zero-order valence-electron chi connectivity index (χ0n) is 18.2. The maximum atomic E-state index is 13.6. The van der Waals surface area contributed by atoms with Crippen molar-refractivity contribution < 1.29 is 8.42 Å². The van der Waals surface area contributed by atoms with E-state index in [0.717, 1.165) is 38.9 Å². The SMILES string of the molecule is Cc1c(C)c(C)c(S(=O)(=O)N[C@@H](c2ccccc2)C(N)c2ccccc2)c(C)c1C. The first kappa shape index (κ1) is 22.2. The third kappa shape index (κ3) is 4.19. The number of benzene rings is 3. The molecule has 2 atom stereocenters. The van der Waals surface area contributed by atoms with Crippen molar-refractivity contribution in [2.45, 2.75) is 51.6 Å². The fourth-order valence-corrected chi connectivity index (χ4v) is 5.82. The van der Waals surface area contributed by atoms with Gasteiger partial charge in [-0.05, 0) is 73.6 Å². The summed E-state index contributed by atoms with van der Waals surface area (Å²) in [5.74, 6) is 0. The van der Waals surface area contributed by atoms with E-state index in [2.05, 4.69) is 4.72 Å². The van der Waals surface area contributed by atoms with E-state index < -0.39 is 22.1 Å². The topological polar surface area (TPSA) is 72.2 Å². The van der Waals surface area contributed by atoms with E-state index in [0.29, 0.717) is 4.90 Å². The van der Waals surface area contributed by atoms with Crippen molar-refractivity contribution in [3.63, 3.8) is 0 Å². The van der Waals surface area contributed by atoms with E-state index in [9.17, 15) is 8.42 Å². The average Bonchev–Trinajstić information content (AvgIpc) is 2.75. The van der Waals surface area contributed by atoms with Gasteiger partial charge in [0.1, 0.15) is 0 Å². The quantitative estimate of drug-likeness (QED) is 0.590. The first-order valence-electron chi connectivity index (χ1n) is 10.1. The Morgan fingerprint density at radius 1 is 0.667 bits per heavy atom. The smallest absolute Gasteiger partial charge is 0.241 e. The highest BCUT2D eigenvalue weighted by Gasteiger charge is 2.30. The predicted octanol–water partition coefficient (Wildman–Crippen LogP) is 4.95. The molecule has 5 heteroatoms. The summed E-state index contributed by atoms with van der Waals surface area (Å²) in [6.07, 6.45) is 0. The van der Waals surface area contributed by atoms with Crippen LogP contribution < -0.4 is 10.5 Å². The Morgan fingerprint density at radius 3 is 1.53 bits per heavy atom. The molecule has 0 saturated heterocycles. The summed E-state index contributed by atoms with van der Waals surface area (Å²) in [5, 5.41) is 0. The monoisotopic (exact) mass is 422 g/mol. The van der Waals surface area contributed by atoms with Crippen LogP contribution in [-0.4, -0.2) is 8.42 Å². The van der Waals surface area contributed by atoms with Crippen LogP contribution in [-0.2, 0) is 10.0 Å². The van der Waals surface area contributed by atoms with Gasteiger partial charge in [0.25, 0.3) is 0 Å². The third-order valence-corrected chi connectivity index (χ3v) is 7.90. The third-order valence-electron chi connectivity index (χ3n) is 6.18. The van der Waals surface area contributed by atoms with Gasteiger partial charge < -0.3 is 5.73 Å². The Bertz CT molecular complexity index is 1110.